The molecule has 0 aliphatic heterocycles. The first-order valence-corrected chi connectivity index (χ1v) is 6.00. The summed E-state index contributed by atoms with van der Waals surface area (Å²) in [5.74, 6) is -2.29. The second-order valence-electron chi connectivity index (χ2n) is 3.97. The molecule has 104 valence electrons. The first kappa shape index (κ1) is 15.4. The average molecular weight is 289 g/mol. The smallest absolute Gasteiger partial charge is 0.313 e. The normalized spacial score (nSPS) is 11.8. The first-order chi connectivity index (χ1) is 8.90. The lowest BCUT2D eigenvalue weighted by molar-refractivity contribution is -0.136. The number of hydrogen-bond donors (Lipinski definition) is 3. The van der Waals surface area contributed by atoms with Crippen molar-refractivity contribution in [2.75, 3.05) is 11.9 Å². The van der Waals surface area contributed by atoms with Crippen LogP contribution in [0.3, 0.4) is 0 Å². The molecule has 19 heavy (non-hydrogen) atoms. The van der Waals surface area contributed by atoms with E-state index in [1.54, 1.807) is 6.92 Å². The van der Waals surface area contributed by atoms with Crippen molar-refractivity contribution in [1.82, 2.24) is 5.32 Å². The third-order valence-corrected chi connectivity index (χ3v) is 2.55. The zero-order chi connectivity index (χ0) is 14.4. The molecule has 0 radical (unpaired) electrons. The van der Waals surface area contributed by atoms with Crippen LogP contribution in [0.1, 0.15) is 13.3 Å². The number of amides is 2. The van der Waals surface area contributed by atoms with E-state index < -0.39 is 23.7 Å². The van der Waals surface area contributed by atoms with E-state index >= 15 is 0 Å². The summed E-state index contributed by atoms with van der Waals surface area (Å²) in [5.41, 5.74) is 0.152. The largest absolute Gasteiger partial charge is 0.393 e. The van der Waals surface area contributed by atoms with Gasteiger partial charge in [-0.3, -0.25) is 9.59 Å². The highest BCUT2D eigenvalue weighted by atomic mass is 35.5. The van der Waals surface area contributed by atoms with Gasteiger partial charge in [0, 0.05) is 6.54 Å². The lowest BCUT2D eigenvalue weighted by atomic mass is 10.3. The number of hydrogen-bond acceptors (Lipinski definition) is 3. The SMILES string of the molecule is CC(O)CCNC(=O)C(=O)Nc1ccc(F)cc1Cl. The second kappa shape index (κ2) is 7.06. The molecule has 0 fully saturated rings. The molecule has 0 bridgehead atoms. The molecule has 3 N–H and O–H groups in total. The molecule has 7 heteroatoms. The van der Waals surface area contributed by atoms with E-state index in [1.807, 2.05) is 0 Å². The van der Waals surface area contributed by atoms with Crippen LogP contribution < -0.4 is 10.6 Å². The Labute approximate surface area is 114 Å². The van der Waals surface area contributed by atoms with E-state index in [9.17, 15) is 14.0 Å². The predicted molar refractivity (Wildman–Crippen MR) is 69.3 cm³/mol. The summed E-state index contributed by atoms with van der Waals surface area (Å²) in [6.45, 7) is 1.76. The maximum atomic E-state index is 12.8. The van der Waals surface area contributed by atoms with Crippen LogP contribution >= 0.6 is 11.6 Å². The Morgan fingerprint density at radius 1 is 1.42 bits per heavy atom. The van der Waals surface area contributed by atoms with Gasteiger partial charge in [-0.15, -0.1) is 0 Å². The van der Waals surface area contributed by atoms with Crippen molar-refractivity contribution >= 4 is 29.1 Å². The van der Waals surface area contributed by atoms with Crippen molar-refractivity contribution in [3.05, 3.63) is 29.0 Å². The van der Waals surface area contributed by atoms with Crippen LogP contribution in [0, 0.1) is 5.82 Å². The fraction of sp³-hybridized carbons (Fsp3) is 0.333. The Bertz CT molecular complexity index is 480. The number of carbonyl (C=O) groups excluding carboxylic acids is 2. The Balaban J connectivity index is 2.52. The number of rotatable bonds is 4. The zero-order valence-electron chi connectivity index (χ0n) is 10.2. The van der Waals surface area contributed by atoms with Crippen molar-refractivity contribution in [3.8, 4) is 0 Å². The van der Waals surface area contributed by atoms with Crippen LogP contribution in [0.2, 0.25) is 5.02 Å². The highest BCUT2D eigenvalue weighted by molar-refractivity contribution is 6.41. The monoisotopic (exact) mass is 288 g/mol. The highest BCUT2D eigenvalue weighted by Gasteiger charge is 2.15. The maximum absolute atomic E-state index is 12.8. The minimum atomic E-state index is -0.904. The quantitative estimate of drug-likeness (QED) is 0.731. The number of carbonyl (C=O) groups is 2. The van der Waals surface area contributed by atoms with Gasteiger partial charge in [-0.05, 0) is 31.5 Å². The molecule has 1 atom stereocenters. The van der Waals surface area contributed by atoms with Gasteiger partial charge in [0.05, 0.1) is 16.8 Å². The van der Waals surface area contributed by atoms with E-state index in [0.29, 0.717) is 6.42 Å². The minimum absolute atomic E-state index is 0.00475. The predicted octanol–water partition coefficient (Wildman–Crippen LogP) is 1.30. The summed E-state index contributed by atoms with van der Waals surface area (Å²) in [5, 5.41) is 13.6. The third kappa shape index (κ3) is 5.23. The summed E-state index contributed by atoms with van der Waals surface area (Å²) in [6, 6.07) is 3.41. The van der Waals surface area contributed by atoms with Crippen LogP contribution in [-0.2, 0) is 9.59 Å². The molecular formula is C12H14ClFN2O3. The minimum Gasteiger partial charge on any atom is -0.393 e. The van der Waals surface area contributed by atoms with E-state index in [4.69, 9.17) is 16.7 Å². The number of aliphatic hydroxyl groups excluding tert-OH is 1. The lowest BCUT2D eigenvalue weighted by Gasteiger charge is -2.08. The lowest BCUT2D eigenvalue weighted by Crippen LogP contribution is -2.36. The zero-order valence-corrected chi connectivity index (χ0v) is 11.0. The van der Waals surface area contributed by atoms with Gasteiger partial charge in [0.25, 0.3) is 0 Å². The molecule has 0 aliphatic rings. The van der Waals surface area contributed by atoms with Crippen LogP contribution in [0.25, 0.3) is 0 Å². The number of anilines is 1. The molecule has 0 aliphatic carbocycles. The van der Waals surface area contributed by atoms with E-state index in [-0.39, 0.29) is 17.3 Å². The summed E-state index contributed by atoms with van der Waals surface area (Å²) in [6.07, 6.45) is -0.217. The van der Waals surface area contributed by atoms with Gasteiger partial charge in [-0.1, -0.05) is 11.6 Å². The van der Waals surface area contributed by atoms with Gasteiger partial charge in [0.2, 0.25) is 0 Å². The summed E-state index contributed by atoms with van der Waals surface area (Å²) >= 11 is 5.70. The second-order valence-corrected chi connectivity index (χ2v) is 4.38. The van der Waals surface area contributed by atoms with E-state index in [2.05, 4.69) is 10.6 Å². The van der Waals surface area contributed by atoms with Crippen molar-refractivity contribution in [2.45, 2.75) is 19.4 Å². The molecule has 0 saturated carbocycles. The summed E-state index contributed by atoms with van der Waals surface area (Å²) < 4.78 is 12.8. The van der Waals surface area contributed by atoms with Crippen LogP contribution in [0.15, 0.2) is 18.2 Å². The number of nitrogens with one attached hydrogen (secondary N) is 2. The van der Waals surface area contributed by atoms with E-state index in [1.165, 1.54) is 6.07 Å². The summed E-state index contributed by atoms with van der Waals surface area (Å²) in [4.78, 5) is 22.9. The van der Waals surface area contributed by atoms with Gasteiger partial charge < -0.3 is 15.7 Å². The van der Waals surface area contributed by atoms with Gasteiger partial charge in [-0.25, -0.2) is 4.39 Å². The highest BCUT2D eigenvalue weighted by Crippen LogP contribution is 2.22. The fourth-order valence-corrected chi connectivity index (χ4v) is 1.46. The Hall–Kier alpha value is -1.66. The van der Waals surface area contributed by atoms with Crippen molar-refractivity contribution in [2.24, 2.45) is 0 Å². The number of benzene rings is 1. The molecule has 0 heterocycles. The van der Waals surface area contributed by atoms with E-state index in [0.717, 1.165) is 12.1 Å². The Kier molecular flexibility index (Phi) is 5.72. The molecular weight excluding hydrogens is 275 g/mol. The molecule has 0 spiro atoms. The number of halogens is 2. The van der Waals surface area contributed by atoms with Crippen molar-refractivity contribution in [3.63, 3.8) is 0 Å². The molecule has 1 aromatic carbocycles. The Morgan fingerprint density at radius 3 is 2.68 bits per heavy atom. The fourth-order valence-electron chi connectivity index (χ4n) is 1.24. The maximum Gasteiger partial charge on any atom is 0.313 e. The van der Waals surface area contributed by atoms with Crippen LogP contribution in [0.5, 0.6) is 0 Å². The molecule has 2 amide bonds. The first-order valence-electron chi connectivity index (χ1n) is 5.62. The van der Waals surface area contributed by atoms with Gasteiger partial charge in [-0.2, -0.15) is 0 Å². The average Bonchev–Trinajstić information content (AvgIpc) is 2.32. The third-order valence-electron chi connectivity index (χ3n) is 2.23. The molecule has 0 saturated heterocycles. The van der Waals surface area contributed by atoms with Gasteiger partial charge in [0.15, 0.2) is 0 Å². The molecule has 1 aromatic rings. The molecule has 1 rings (SSSR count). The van der Waals surface area contributed by atoms with Crippen molar-refractivity contribution < 1.29 is 19.1 Å². The van der Waals surface area contributed by atoms with Gasteiger partial charge >= 0.3 is 11.8 Å². The van der Waals surface area contributed by atoms with Crippen molar-refractivity contribution in [1.29, 1.82) is 0 Å². The summed E-state index contributed by atoms with van der Waals surface area (Å²) in [7, 11) is 0. The van der Waals surface area contributed by atoms with Crippen LogP contribution in [0.4, 0.5) is 10.1 Å². The topological polar surface area (TPSA) is 78.4 Å². The Morgan fingerprint density at radius 2 is 2.11 bits per heavy atom. The van der Waals surface area contributed by atoms with Crippen LogP contribution in [-0.4, -0.2) is 29.6 Å². The molecule has 5 nitrogen and oxygen atoms in total. The molecule has 1 unspecified atom stereocenters. The van der Waals surface area contributed by atoms with Gasteiger partial charge in [0.1, 0.15) is 5.82 Å². The number of aliphatic hydroxyl groups is 1. The standard InChI is InChI=1S/C12H14ClFN2O3/c1-7(17)4-5-15-11(18)12(19)16-10-3-2-8(14)6-9(10)13/h2-3,6-7,17H,4-5H2,1H3,(H,15,18)(H,16,19). The molecule has 0 aromatic heterocycles.